The minimum atomic E-state index is -0.226. The van der Waals surface area contributed by atoms with Crippen LogP contribution in [0, 0.1) is 0 Å². The zero-order valence-electron chi connectivity index (χ0n) is 12.8. The normalized spacial score (nSPS) is 15.4. The topological polar surface area (TPSA) is 42.4 Å². The Bertz CT molecular complexity index is 638. The van der Waals surface area contributed by atoms with E-state index in [4.69, 9.17) is 4.74 Å². The molecule has 0 aliphatic carbocycles. The minimum Gasteiger partial charge on any atom is -0.445 e. The summed E-state index contributed by atoms with van der Waals surface area (Å²) in [6.07, 6.45) is 3.45. The van der Waals surface area contributed by atoms with Crippen LogP contribution in [0.15, 0.2) is 53.1 Å². The van der Waals surface area contributed by atoms with E-state index >= 15 is 0 Å². The average Bonchev–Trinajstić information content (AvgIpc) is 2.61. The third-order valence-corrected chi connectivity index (χ3v) is 4.60. The van der Waals surface area contributed by atoms with Gasteiger partial charge in [0.05, 0.1) is 0 Å². The first kappa shape index (κ1) is 16.0. The number of rotatable bonds is 3. The van der Waals surface area contributed by atoms with Crippen molar-refractivity contribution in [3.63, 3.8) is 0 Å². The highest BCUT2D eigenvalue weighted by molar-refractivity contribution is 9.10. The van der Waals surface area contributed by atoms with Gasteiger partial charge in [0.2, 0.25) is 0 Å². The SMILES string of the molecule is O=C(OCc1ccccc1)N1CCC(c2ccc(Br)cn2)CC1. The lowest BCUT2D eigenvalue weighted by atomic mass is 9.93. The van der Waals surface area contributed by atoms with E-state index in [0.717, 1.165) is 41.7 Å². The van der Waals surface area contributed by atoms with Gasteiger partial charge < -0.3 is 9.64 Å². The quantitative estimate of drug-likeness (QED) is 0.801. The number of likely N-dealkylation sites (tertiary alicyclic amines) is 1. The molecular weight excluding hydrogens is 356 g/mol. The van der Waals surface area contributed by atoms with E-state index in [1.807, 2.05) is 42.6 Å². The Kier molecular flexibility index (Phi) is 5.28. The molecule has 1 aromatic heterocycles. The molecule has 1 saturated heterocycles. The molecule has 3 rings (SSSR count). The Balaban J connectivity index is 1.48. The second kappa shape index (κ2) is 7.59. The molecule has 0 bridgehead atoms. The summed E-state index contributed by atoms with van der Waals surface area (Å²) in [4.78, 5) is 18.4. The van der Waals surface area contributed by atoms with E-state index in [1.165, 1.54) is 0 Å². The molecule has 0 N–H and O–H groups in total. The van der Waals surface area contributed by atoms with Crippen LogP contribution < -0.4 is 0 Å². The van der Waals surface area contributed by atoms with Gasteiger partial charge in [0.1, 0.15) is 6.61 Å². The fraction of sp³-hybridized carbons (Fsp3) is 0.333. The number of ether oxygens (including phenoxy) is 1. The van der Waals surface area contributed by atoms with E-state index in [1.54, 1.807) is 4.90 Å². The van der Waals surface area contributed by atoms with Gasteiger partial charge in [0, 0.05) is 35.4 Å². The van der Waals surface area contributed by atoms with Crippen molar-refractivity contribution in [1.82, 2.24) is 9.88 Å². The summed E-state index contributed by atoms with van der Waals surface area (Å²) in [5, 5.41) is 0. The molecule has 1 fully saturated rings. The first-order valence-electron chi connectivity index (χ1n) is 7.79. The number of aromatic nitrogens is 1. The fourth-order valence-corrected chi connectivity index (χ4v) is 3.03. The van der Waals surface area contributed by atoms with Gasteiger partial charge in [-0.3, -0.25) is 4.98 Å². The summed E-state index contributed by atoms with van der Waals surface area (Å²) in [6.45, 7) is 1.76. The van der Waals surface area contributed by atoms with Gasteiger partial charge in [0.15, 0.2) is 0 Å². The van der Waals surface area contributed by atoms with Gasteiger partial charge in [-0.2, -0.15) is 0 Å². The van der Waals surface area contributed by atoms with Crippen LogP contribution in [0.1, 0.15) is 30.0 Å². The molecule has 1 aliphatic rings. The largest absolute Gasteiger partial charge is 0.445 e. The standard InChI is InChI=1S/C18H19BrN2O2/c19-16-6-7-17(20-12-16)15-8-10-21(11-9-15)18(22)23-13-14-4-2-1-3-5-14/h1-7,12,15H,8-11,13H2. The molecule has 120 valence electrons. The second-order valence-electron chi connectivity index (χ2n) is 5.70. The van der Waals surface area contributed by atoms with Crippen LogP contribution >= 0.6 is 15.9 Å². The van der Waals surface area contributed by atoms with Crippen molar-refractivity contribution >= 4 is 22.0 Å². The molecule has 1 amide bonds. The highest BCUT2D eigenvalue weighted by atomic mass is 79.9. The van der Waals surface area contributed by atoms with Crippen LogP contribution in [-0.2, 0) is 11.3 Å². The molecule has 0 atom stereocenters. The molecule has 2 heterocycles. The number of halogens is 1. The van der Waals surface area contributed by atoms with Crippen LogP contribution in [-0.4, -0.2) is 29.1 Å². The Morgan fingerprint density at radius 1 is 1.17 bits per heavy atom. The molecule has 4 nitrogen and oxygen atoms in total. The number of amides is 1. The monoisotopic (exact) mass is 374 g/mol. The molecule has 5 heteroatoms. The number of pyridine rings is 1. The van der Waals surface area contributed by atoms with Crippen LogP contribution in [0.2, 0.25) is 0 Å². The lowest BCUT2D eigenvalue weighted by Gasteiger charge is -2.31. The molecule has 0 radical (unpaired) electrons. The third-order valence-electron chi connectivity index (χ3n) is 4.13. The van der Waals surface area contributed by atoms with Crippen molar-refractivity contribution in [3.05, 3.63) is 64.4 Å². The van der Waals surface area contributed by atoms with Gasteiger partial charge in [-0.15, -0.1) is 0 Å². The number of carbonyl (C=O) groups is 1. The van der Waals surface area contributed by atoms with Crippen LogP contribution in [0.25, 0.3) is 0 Å². The highest BCUT2D eigenvalue weighted by Gasteiger charge is 2.25. The van der Waals surface area contributed by atoms with Crippen molar-refractivity contribution in [1.29, 1.82) is 0 Å². The maximum atomic E-state index is 12.1. The molecule has 23 heavy (non-hydrogen) atoms. The van der Waals surface area contributed by atoms with Crippen molar-refractivity contribution in [3.8, 4) is 0 Å². The van der Waals surface area contributed by atoms with Crippen molar-refractivity contribution in [2.75, 3.05) is 13.1 Å². The van der Waals surface area contributed by atoms with E-state index in [9.17, 15) is 4.79 Å². The second-order valence-corrected chi connectivity index (χ2v) is 6.62. The highest BCUT2D eigenvalue weighted by Crippen LogP contribution is 2.27. The zero-order chi connectivity index (χ0) is 16.1. The van der Waals surface area contributed by atoms with Crippen molar-refractivity contribution < 1.29 is 9.53 Å². The van der Waals surface area contributed by atoms with Gasteiger partial charge in [-0.25, -0.2) is 4.79 Å². The molecular formula is C18H19BrN2O2. The smallest absolute Gasteiger partial charge is 0.410 e. The van der Waals surface area contributed by atoms with Crippen molar-refractivity contribution in [2.45, 2.75) is 25.4 Å². The number of piperidine rings is 1. The number of benzene rings is 1. The summed E-state index contributed by atoms with van der Waals surface area (Å²) in [5.74, 6) is 0.418. The summed E-state index contributed by atoms with van der Waals surface area (Å²) in [6, 6.07) is 13.8. The predicted octanol–water partition coefficient (Wildman–Crippen LogP) is 4.36. The van der Waals surface area contributed by atoms with Gasteiger partial charge >= 0.3 is 6.09 Å². The number of nitrogens with zero attached hydrogens (tertiary/aromatic N) is 2. The fourth-order valence-electron chi connectivity index (χ4n) is 2.80. The third kappa shape index (κ3) is 4.32. The van der Waals surface area contributed by atoms with Crippen molar-refractivity contribution in [2.24, 2.45) is 0 Å². The number of hydrogen-bond donors (Lipinski definition) is 0. The lowest BCUT2D eigenvalue weighted by Crippen LogP contribution is -2.38. The lowest BCUT2D eigenvalue weighted by molar-refractivity contribution is 0.0868. The van der Waals surface area contributed by atoms with E-state index in [-0.39, 0.29) is 6.09 Å². The van der Waals surface area contributed by atoms with E-state index in [0.29, 0.717) is 12.5 Å². The van der Waals surface area contributed by atoms with Crippen LogP contribution in [0.5, 0.6) is 0 Å². The van der Waals surface area contributed by atoms with Crippen LogP contribution in [0.4, 0.5) is 4.79 Å². The predicted molar refractivity (Wildman–Crippen MR) is 92.1 cm³/mol. The van der Waals surface area contributed by atoms with Gasteiger partial charge in [0.25, 0.3) is 0 Å². The number of hydrogen-bond acceptors (Lipinski definition) is 3. The van der Waals surface area contributed by atoms with Gasteiger partial charge in [-0.1, -0.05) is 30.3 Å². The van der Waals surface area contributed by atoms with Crippen LogP contribution in [0.3, 0.4) is 0 Å². The Morgan fingerprint density at radius 3 is 2.57 bits per heavy atom. The zero-order valence-corrected chi connectivity index (χ0v) is 14.4. The molecule has 2 aromatic rings. The molecule has 1 aromatic carbocycles. The molecule has 0 spiro atoms. The Morgan fingerprint density at radius 2 is 1.91 bits per heavy atom. The molecule has 0 saturated carbocycles. The molecule has 1 aliphatic heterocycles. The summed E-state index contributed by atoms with van der Waals surface area (Å²) in [5.41, 5.74) is 2.11. The summed E-state index contributed by atoms with van der Waals surface area (Å²) in [7, 11) is 0. The first-order chi connectivity index (χ1) is 11.2. The number of carbonyl (C=O) groups excluding carboxylic acids is 1. The summed E-state index contributed by atoms with van der Waals surface area (Å²) >= 11 is 3.40. The maximum absolute atomic E-state index is 12.1. The maximum Gasteiger partial charge on any atom is 0.410 e. The summed E-state index contributed by atoms with van der Waals surface area (Å²) < 4.78 is 6.38. The van der Waals surface area contributed by atoms with E-state index in [2.05, 4.69) is 27.0 Å². The Hall–Kier alpha value is -1.88. The molecule has 0 unspecified atom stereocenters. The Labute approximate surface area is 144 Å². The van der Waals surface area contributed by atoms with E-state index < -0.39 is 0 Å². The average molecular weight is 375 g/mol. The minimum absolute atomic E-state index is 0.226. The first-order valence-corrected chi connectivity index (χ1v) is 8.59. The van der Waals surface area contributed by atoms with Gasteiger partial charge in [-0.05, 0) is 46.5 Å².